The second-order valence-corrected chi connectivity index (χ2v) is 3.19. The van der Waals surface area contributed by atoms with Gasteiger partial charge in [0.1, 0.15) is 0 Å². The van der Waals surface area contributed by atoms with E-state index >= 15 is 0 Å². The maximum absolute atomic E-state index is 10.8. The summed E-state index contributed by atoms with van der Waals surface area (Å²) in [4.78, 5) is 10.8. The molecule has 1 unspecified atom stereocenters. The second kappa shape index (κ2) is 3.10. The van der Waals surface area contributed by atoms with Gasteiger partial charge in [0.2, 0.25) is 0 Å². The van der Waals surface area contributed by atoms with Crippen molar-refractivity contribution in [3.8, 4) is 0 Å². The Labute approximate surface area is 79.9 Å². The predicted molar refractivity (Wildman–Crippen MR) is 46.4 cm³/mol. The molecule has 0 amide bonds. The summed E-state index contributed by atoms with van der Waals surface area (Å²) in [5.41, 5.74) is 1.96. The molecule has 68 valence electrons. The maximum atomic E-state index is 10.8. The van der Waals surface area contributed by atoms with Crippen LogP contribution in [0.1, 0.15) is 27.8 Å². The molecule has 2 rings (SSSR count). The lowest BCUT2D eigenvalue weighted by atomic mass is 10.1. The van der Waals surface area contributed by atoms with Gasteiger partial charge in [0.05, 0.1) is 6.61 Å². The van der Waals surface area contributed by atoms with Gasteiger partial charge in [0.25, 0.3) is 5.24 Å². The molecule has 0 aromatic heterocycles. The number of carbonyl (C=O) groups excluding carboxylic acids is 1. The number of aliphatic hydroxyl groups excluding tert-OH is 1. The Hall–Kier alpha value is -0.900. The smallest absolute Gasteiger partial charge is 0.252 e. The van der Waals surface area contributed by atoms with Gasteiger partial charge in [-0.2, -0.15) is 0 Å². The van der Waals surface area contributed by atoms with Crippen molar-refractivity contribution in [3.05, 3.63) is 34.9 Å². The van der Waals surface area contributed by atoms with Gasteiger partial charge in [-0.15, -0.1) is 0 Å². The Bertz CT molecular complexity index is 362. The van der Waals surface area contributed by atoms with Gasteiger partial charge in [-0.3, -0.25) is 4.79 Å². The molecule has 0 saturated carbocycles. The van der Waals surface area contributed by atoms with Crippen LogP contribution in [0.25, 0.3) is 0 Å². The molecule has 0 bridgehead atoms. The summed E-state index contributed by atoms with van der Waals surface area (Å²) >= 11 is 5.30. The number of fused-ring (bicyclic) bond motifs is 1. The van der Waals surface area contributed by atoms with Crippen LogP contribution >= 0.6 is 11.6 Å². The van der Waals surface area contributed by atoms with E-state index in [4.69, 9.17) is 16.3 Å². The van der Waals surface area contributed by atoms with Gasteiger partial charge in [-0.05, 0) is 29.3 Å². The number of hydrogen-bond donors (Lipinski definition) is 1. The highest BCUT2D eigenvalue weighted by atomic mass is 35.5. The third-order valence-electron chi connectivity index (χ3n) is 2.03. The van der Waals surface area contributed by atoms with Crippen molar-refractivity contribution >= 4 is 16.8 Å². The van der Waals surface area contributed by atoms with Gasteiger partial charge in [-0.1, -0.05) is 6.07 Å². The van der Waals surface area contributed by atoms with Crippen LogP contribution in [0, 0.1) is 0 Å². The van der Waals surface area contributed by atoms with Crippen LogP contribution < -0.4 is 0 Å². The van der Waals surface area contributed by atoms with Gasteiger partial charge >= 0.3 is 0 Å². The number of ether oxygens (including phenoxy) is 1. The zero-order chi connectivity index (χ0) is 9.42. The molecular formula is C9H7ClO3. The fourth-order valence-corrected chi connectivity index (χ4v) is 1.47. The lowest BCUT2D eigenvalue weighted by Crippen LogP contribution is -1.94. The van der Waals surface area contributed by atoms with Gasteiger partial charge in [-0.25, -0.2) is 0 Å². The first-order valence-corrected chi connectivity index (χ1v) is 4.18. The standard InChI is InChI=1S/C9H7ClO3/c10-8(11)5-1-2-7-6(3-5)4-13-9(7)12/h1-3,9,12H,4H2. The SMILES string of the molecule is O=C(Cl)c1ccc2c(c1)COC2O. The lowest BCUT2D eigenvalue weighted by molar-refractivity contribution is -0.0918. The highest BCUT2D eigenvalue weighted by molar-refractivity contribution is 6.67. The number of aliphatic hydroxyl groups is 1. The Balaban J connectivity index is 2.45. The first-order valence-electron chi connectivity index (χ1n) is 3.81. The van der Waals surface area contributed by atoms with Gasteiger partial charge in [0, 0.05) is 11.1 Å². The summed E-state index contributed by atoms with van der Waals surface area (Å²) in [5.74, 6) is 0. The molecule has 13 heavy (non-hydrogen) atoms. The molecular weight excluding hydrogens is 192 g/mol. The number of benzene rings is 1. The van der Waals surface area contributed by atoms with Crippen LogP contribution in [0.15, 0.2) is 18.2 Å². The van der Waals surface area contributed by atoms with Gasteiger partial charge in [0.15, 0.2) is 6.29 Å². The molecule has 1 aliphatic rings. The van der Waals surface area contributed by atoms with E-state index in [1.165, 1.54) is 0 Å². The normalized spacial score (nSPS) is 20.0. The van der Waals surface area contributed by atoms with Crippen molar-refractivity contribution in [2.75, 3.05) is 0 Å². The molecule has 3 nitrogen and oxygen atoms in total. The Morgan fingerprint density at radius 3 is 3.08 bits per heavy atom. The Morgan fingerprint density at radius 2 is 2.38 bits per heavy atom. The summed E-state index contributed by atoms with van der Waals surface area (Å²) in [6.07, 6.45) is -0.866. The van der Waals surface area contributed by atoms with E-state index in [9.17, 15) is 9.90 Å². The minimum absolute atomic E-state index is 0.328. The third-order valence-corrected chi connectivity index (χ3v) is 2.25. The minimum Gasteiger partial charge on any atom is -0.364 e. The van der Waals surface area contributed by atoms with Crippen molar-refractivity contribution in [3.63, 3.8) is 0 Å². The first kappa shape index (κ1) is 8.69. The molecule has 0 radical (unpaired) electrons. The fourth-order valence-electron chi connectivity index (χ4n) is 1.35. The Morgan fingerprint density at radius 1 is 1.62 bits per heavy atom. The zero-order valence-electron chi connectivity index (χ0n) is 6.66. The largest absolute Gasteiger partial charge is 0.364 e. The average Bonchev–Trinajstić information content (AvgIpc) is 2.47. The van der Waals surface area contributed by atoms with E-state index in [1.54, 1.807) is 18.2 Å². The highest BCUT2D eigenvalue weighted by Crippen LogP contribution is 2.29. The van der Waals surface area contributed by atoms with E-state index in [-0.39, 0.29) is 0 Å². The number of halogens is 1. The van der Waals surface area contributed by atoms with E-state index in [1.807, 2.05) is 0 Å². The second-order valence-electron chi connectivity index (χ2n) is 2.85. The lowest BCUT2D eigenvalue weighted by Gasteiger charge is -2.01. The van der Waals surface area contributed by atoms with E-state index in [0.29, 0.717) is 17.7 Å². The number of carbonyl (C=O) groups is 1. The van der Waals surface area contributed by atoms with E-state index in [0.717, 1.165) is 5.56 Å². The summed E-state index contributed by atoms with van der Waals surface area (Å²) in [7, 11) is 0. The van der Waals surface area contributed by atoms with E-state index in [2.05, 4.69) is 0 Å². The zero-order valence-corrected chi connectivity index (χ0v) is 7.41. The van der Waals surface area contributed by atoms with Crippen LogP contribution in [0.5, 0.6) is 0 Å². The monoisotopic (exact) mass is 198 g/mol. The maximum Gasteiger partial charge on any atom is 0.252 e. The van der Waals surface area contributed by atoms with E-state index < -0.39 is 11.5 Å². The van der Waals surface area contributed by atoms with Crippen LogP contribution in [0.2, 0.25) is 0 Å². The highest BCUT2D eigenvalue weighted by Gasteiger charge is 2.21. The number of rotatable bonds is 1. The minimum atomic E-state index is -0.866. The molecule has 0 aliphatic carbocycles. The third kappa shape index (κ3) is 1.46. The average molecular weight is 199 g/mol. The molecule has 1 aromatic rings. The van der Waals surface area contributed by atoms with Crippen molar-refractivity contribution < 1.29 is 14.6 Å². The van der Waals surface area contributed by atoms with Crippen LogP contribution in [0.4, 0.5) is 0 Å². The molecule has 1 aromatic carbocycles. The quantitative estimate of drug-likeness (QED) is 0.697. The molecule has 1 heterocycles. The van der Waals surface area contributed by atoms with Crippen molar-refractivity contribution in [1.82, 2.24) is 0 Å². The van der Waals surface area contributed by atoms with Crippen molar-refractivity contribution in [2.24, 2.45) is 0 Å². The molecule has 4 heteroatoms. The summed E-state index contributed by atoms with van der Waals surface area (Å²) in [6, 6.07) is 4.87. The predicted octanol–water partition coefficient (Wildman–Crippen LogP) is 1.59. The van der Waals surface area contributed by atoms with Crippen molar-refractivity contribution in [1.29, 1.82) is 0 Å². The van der Waals surface area contributed by atoms with Crippen molar-refractivity contribution in [2.45, 2.75) is 12.9 Å². The summed E-state index contributed by atoms with van der Waals surface area (Å²) < 4.78 is 4.96. The molecule has 1 N–H and O–H groups in total. The summed E-state index contributed by atoms with van der Waals surface area (Å²) in [5, 5.41) is 8.77. The molecule has 0 fully saturated rings. The molecule has 1 atom stereocenters. The Kier molecular flexibility index (Phi) is 2.07. The first-order chi connectivity index (χ1) is 6.18. The summed E-state index contributed by atoms with van der Waals surface area (Å²) in [6.45, 7) is 0.328. The van der Waals surface area contributed by atoms with Crippen LogP contribution in [-0.4, -0.2) is 10.3 Å². The molecule has 1 aliphatic heterocycles. The fraction of sp³-hybridized carbons (Fsp3) is 0.222. The number of hydrogen-bond acceptors (Lipinski definition) is 3. The topological polar surface area (TPSA) is 46.5 Å². The molecule has 0 spiro atoms. The van der Waals surface area contributed by atoms with Crippen LogP contribution in [-0.2, 0) is 11.3 Å². The van der Waals surface area contributed by atoms with Gasteiger partial charge < -0.3 is 9.84 Å². The van der Waals surface area contributed by atoms with Crippen LogP contribution in [0.3, 0.4) is 0 Å². The molecule has 0 saturated heterocycles.